The number of nitrogens with one attached hydrogen (secondary N) is 1. The lowest BCUT2D eigenvalue weighted by atomic mass is 10.1. The molecule has 80 valence electrons. The first kappa shape index (κ1) is 9.77. The minimum absolute atomic E-state index is 0.543. The molecular formula is C10H20N4. The monoisotopic (exact) mass is 196 g/mol. The summed E-state index contributed by atoms with van der Waals surface area (Å²) < 4.78 is 0. The van der Waals surface area contributed by atoms with Gasteiger partial charge in [0.1, 0.15) is 0 Å². The maximum Gasteiger partial charge on any atom is 0.208 e. The van der Waals surface area contributed by atoms with Crippen molar-refractivity contribution in [1.82, 2.24) is 10.3 Å². The highest BCUT2D eigenvalue weighted by atomic mass is 15.4. The van der Waals surface area contributed by atoms with Crippen LogP contribution in [-0.2, 0) is 0 Å². The second-order valence-corrected chi connectivity index (χ2v) is 4.34. The summed E-state index contributed by atoms with van der Waals surface area (Å²) in [6, 6.07) is 0.543. The fourth-order valence-electron chi connectivity index (χ4n) is 1.95. The van der Waals surface area contributed by atoms with Gasteiger partial charge in [0.25, 0.3) is 0 Å². The van der Waals surface area contributed by atoms with E-state index in [1.54, 1.807) is 0 Å². The van der Waals surface area contributed by atoms with Crippen LogP contribution in [0.15, 0.2) is 4.99 Å². The molecule has 1 aliphatic heterocycles. The quantitative estimate of drug-likeness (QED) is 0.296. The van der Waals surface area contributed by atoms with Crippen molar-refractivity contribution in [1.29, 1.82) is 0 Å². The van der Waals surface area contributed by atoms with E-state index in [2.05, 4.69) is 22.2 Å². The van der Waals surface area contributed by atoms with Gasteiger partial charge in [-0.3, -0.25) is 5.43 Å². The van der Waals surface area contributed by atoms with Crippen molar-refractivity contribution in [3.63, 3.8) is 0 Å². The molecule has 0 bridgehead atoms. The third kappa shape index (κ3) is 2.18. The van der Waals surface area contributed by atoms with Crippen molar-refractivity contribution in [3.05, 3.63) is 0 Å². The molecule has 1 unspecified atom stereocenters. The third-order valence-electron chi connectivity index (χ3n) is 3.14. The molecule has 1 heterocycles. The summed E-state index contributed by atoms with van der Waals surface area (Å²) >= 11 is 0. The van der Waals surface area contributed by atoms with E-state index in [1.807, 2.05) is 0 Å². The number of rotatable bonds is 2. The molecule has 1 atom stereocenters. The number of likely N-dealkylation sites (tertiary alicyclic amines) is 1. The lowest BCUT2D eigenvalue weighted by Crippen LogP contribution is -2.44. The van der Waals surface area contributed by atoms with E-state index in [1.165, 1.54) is 25.7 Å². The molecule has 2 fully saturated rings. The van der Waals surface area contributed by atoms with Crippen molar-refractivity contribution in [3.8, 4) is 0 Å². The first-order valence-corrected chi connectivity index (χ1v) is 5.62. The van der Waals surface area contributed by atoms with Crippen LogP contribution in [0, 0.1) is 5.92 Å². The Morgan fingerprint density at radius 3 is 2.79 bits per heavy atom. The lowest BCUT2D eigenvalue weighted by molar-refractivity contribution is 0.455. The Hall–Kier alpha value is -0.770. The van der Waals surface area contributed by atoms with Gasteiger partial charge in [-0.05, 0) is 25.2 Å². The molecule has 0 aromatic carbocycles. The molecule has 4 heteroatoms. The van der Waals surface area contributed by atoms with Gasteiger partial charge >= 0.3 is 0 Å². The summed E-state index contributed by atoms with van der Waals surface area (Å²) in [4.78, 5) is 6.85. The van der Waals surface area contributed by atoms with E-state index in [9.17, 15) is 0 Å². The Labute approximate surface area is 85.5 Å². The first-order valence-electron chi connectivity index (χ1n) is 5.62. The zero-order valence-corrected chi connectivity index (χ0v) is 8.87. The van der Waals surface area contributed by atoms with Crippen molar-refractivity contribution >= 4 is 5.96 Å². The predicted octanol–water partition coefficient (Wildman–Crippen LogP) is 0.700. The van der Waals surface area contributed by atoms with E-state index >= 15 is 0 Å². The van der Waals surface area contributed by atoms with Crippen LogP contribution in [0.4, 0.5) is 0 Å². The normalized spacial score (nSPS) is 28.3. The van der Waals surface area contributed by atoms with Gasteiger partial charge in [-0.1, -0.05) is 13.3 Å². The molecule has 0 amide bonds. The molecule has 0 radical (unpaired) electrons. The lowest BCUT2D eigenvalue weighted by Gasteiger charge is -2.19. The molecule has 0 spiro atoms. The molecule has 14 heavy (non-hydrogen) atoms. The molecule has 1 aliphatic carbocycles. The van der Waals surface area contributed by atoms with E-state index in [-0.39, 0.29) is 0 Å². The fourth-order valence-corrected chi connectivity index (χ4v) is 1.95. The highest BCUT2D eigenvalue weighted by Gasteiger charge is 2.26. The Morgan fingerprint density at radius 1 is 1.50 bits per heavy atom. The molecule has 0 aromatic rings. The van der Waals surface area contributed by atoms with E-state index in [0.717, 1.165) is 25.0 Å². The first-order chi connectivity index (χ1) is 6.83. The number of nitrogens with zero attached hydrogens (tertiary/aromatic N) is 2. The third-order valence-corrected chi connectivity index (χ3v) is 3.14. The summed E-state index contributed by atoms with van der Waals surface area (Å²) in [6.07, 6.45) is 5.01. The maximum atomic E-state index is 5.49. The number of nitrogens with two attached hydrogens (primary N) is 1. The molecule has 1 saturated heterocycles. The zero-order valence-electron chi connectivity index (χ0n) is 8.87. The second kappa shape index (κ2) is 4.17. The second-order valence-electron chi connectivity index (χ2n) is 4.34. The van der Waals surface area contributed by atoms with Crippen molar-refractivity contribution in [2.24, 2.45) is 16.8 Å². The largest absolute Gasteiger partial charge is 0.342 e. The van der Waals surface area contributed by atoms with Crippen LogP contribution in [-0.4, -0.2) is 30.0 Å². The van der Waals surface area contributed by atoms with E-state index in [0.29, 0.717) is 6.04 Å². The van der Waals surface area contributed by atoms with Gasteiger partial charge in [-0.25, -0.2) is 10.8 Å². The number of hydrazine groups is 1. The maximum absolute atomic E-state index is 5.49. The standard InChI is InChI=1S/C10H20N4/c1-2-8-5-6-14(7-8)10(13-11)12-9-3-4-9/h8-9H,2-7,11H2,1H3,(H,12,13). The average molecular weight is 196 g/mol. The summed E-state index contributed by atoms with van der Waals surface area (Å²) in [5, 5.41) is 0. The number of aliphatic imine (C=N–C) groups is 1. The van der Waals surface area contributed by atoms with Crippen molar-refractivity contribution in [2.45, 2.75) is 38.6 Å². The molecule has 0 aromatic heterocycles. The molecule has 2 rings (SSSR count). The Kier molecular flexibility index (Phi) is 2.91. The average Bonchev–Trinajstić information content (AvgIpc) is 2.90. The highest BCUT2D eigenvalue weighted by Crippen LogP contribution is 2.25. The van der Waals surface area contributed by atoms with Gasteiger partial charge in [0.15, 0.2) is 0 Å². The van der Waals surface area contributed by atoms with E-state index < -0.39 is 0 Å². The minimum Gasteiger partial charge on any atom is -0.342 e. The Morgan fingerprint density at radius 2 is 2.29 bits per heavy atom. The van der Waals surface area contributed by atoms with Crippen molar-refractivity contribution < 1.29 is 0 Å². The van der Waals surface area contributed by atoms with Crippen LogP contribution in [0.3, 0.4) is 0 Å². The van der Waals surface area contributed by atoms with Gasteiger partial charge in [0.05, 0.1) is 6.04 Å². The molecule has 3 N–H and O–H groups in total. The Balaban J connectivity index is 1.92. The highest BCUT2D eigenvalue weighted by molar-refractivity contribution is 5.80. The van der Waals surface area contributed by atoms with Crippen LogP contribution < -0.4 is 11.3 Å². The van der Waals surface area contributed by atoms with Gasteiger partial charge in [0, 0.05) is 13.1 Å². The van der Waals surface area contributed by atoms with E-state index in [4.69, 9.17) is 5.84 Å². The van der Waals surface area contributed by atoms with Crippen LogP contribution >= 0.6 is 0 Å². The number of hydrogen-bond acceptors (Lipinski definition) is 2. The summed E-state index contributed by atoms with van der Waals surface area (Å²) in [6.45, 7) is 4.47. The summed E-state index contributed by atoms with van der Waals surface area (Å²) in [5.74, 6) is 7.23. The summed E-state index contributed by atoms with van der Waals surface area (Å²) in [7, 11) is 0. The van der Waals surface area contributed by atoms with Gasteiger partial charge in [-0.15, -0.1) is 0 Å². The SMILES string of the molecule is CCC1CCN(C(=NC2CC2)NN)C1. The van der Waals surface area contributed by atoms with Crippen molar-refractivity contribution in [2.75, 3.05) is 13.1 Å². The van der Waals surface area contributed by atoms with Crippen LogP contribution in [0.25, 0.3) is 0 Å². The number of guanidine groups is 1. The van der Waals surface area contributed by atoms with Crippen LogP contribution in [0.2, 0.25) is 0 Å². The summed E-state index contributed by atoms with van der Waals surface area (Å²) in [5.41, 5.74) is 2.74. The van der Waals surface area contributed by atoms with Gasteiger partial charge in [-0.2, -0.15) is 0 Å². The predicted molar refractivity (Wildman–Crippen MR) is 57.8 cm³/mol. The van der Waals surface area contributed by atoms with Gasteiger partial charge in [0.2, 0.25) is 5.96 Å². The van der Waals surface area contributed by atoms with Crippen LogP contribution in [0.5, 0.6) is 0 Å². The van der Waals surface area contributed by atoms with Gasteiger partial charge < -0.3 is 4.90 Å². The molecule has 4 nitrogen and oxygen atoms in total. The number of hydrogen-bond donors (Lipinski definition) is 2. The fraction of sp³-hybridized carbons (Fsp3) is 0.900. The smallest absolute Gasteiger partial charge is 0.208 e. The molecule has 1 saturated carbocycles. The van der Waals surface area contributed by atoms with Crippen LogP contribution in [0.1, 0.15) is 32.6 Å². The molecule has 2 aliphatic rings. The topological polar surface area (TPSA) is 53.6 Å². The Bertz CT molecular complexity index is 222. The zero-order chi connectivity index (χ0) is 9.97. The molecular weight excluding hydrogens is 176 g/mol. The minimum atomic E-state index is 0.543.